The fourth-order valence-corrected chi connectivity index (χ4v) is 8.11. The molecule has 5 aliphatic rings. The zero-order chi connectivity index (χ0) is 34.9. The van der Waals surface area contributed by atoms with Gasteiger partial charge in [-0.3, -0.25) is 24.1 Å². The Kier molecular flexibility index (Phi) is 10.6. The van der Waals surface area contributed by atoms with Crippen molar-refractivity contribution in [2.45, 2.75) is 69.5 Å². The van der Waals surface area contributed by atoms with Gasteiger partial charge >= 0.3 is 5.97 Å². The molecule has 5 heterocycles. The van der Waals surface area contributed by atoms with Crippen LogP contribution in [0.25, 0.3) is 0 Å². The summed E-state index contributed by atoms with van der Waals surface area (Å²) < 4.78 is 18.4. The third kappa shape index (κ3) is 6.56. The highest BCUT2D eigenvalue weighted by atomic mass is 16.6. The van der Waals surface area contributed by atoms with Gasteiger partial charge in [-0.05, 0) is 24.8 Å². The van der Waals surface area contributed by atoms with E-state index in [9.17, 15) is 24.3 Å². The molecule has 8 atom stereocenters. The zero-order valence-electron chi connectivity index (χ0n) is 29.0. The Morgan fingerprint density at radius 1 is 1.00 bits per heavy atom. The lowest BCUT2D eigenvalue weighted by Gasteiger charge is -2.40. The number of morpholine rings is 1. The van der Waals surface area contributed by atoms with Crippen LogP contribution in [0.5, 0.6) is 0 Å². The van der Waals surface area contributed by atoms with Crippen LogP contribution >= 0.6 is 0 Å². The van der Waals surface area contributed by atoms with Crippen LogP contribution < -0.4 is 0 Å². The summed E-state index contributed by atoms with van der Waals surface area (Å²) in [5.41, 5.74) is -0.681. The predicted molar refractivity (Wildman–Crippen MR) is 180 cm³/mol. The van der Waals surface area contributed by atoms with Crippen molar-refractivity contribution in [2.24, 2.45) is 17.8 Å². The van der Waals surface area contributed by atoms with E-state index >= 15 is 0 Å². The number of hydrogen-bond acceptors (Lipinski definition) is 9. The van der Waals surface area contributed by atoms with Gasteiger partial charge in [0.05, 0.1) is 43.9 Å². The quantitative estimate of drug-likeness (QED) is 0.339. The zero-order valence-corrected chi connectivity index (χ0v) is 29.0. The van der Waals surface area contributed by atoms with Gasteiger partial charge in [-0.1, -0.05) is 68.5 Å². The molecule has 0 saturated carbocycles. The number of likely N-dealkylation sites (N-methyl/N-ethyl adjacent to an activating group) is 1. The highest BCUT2D eigenvalue weighted by molar-refractivity contribution is 5.99. The SMILES string of the molecule is CC(C)[C@H](CO)N1C(=O)[C@@H]2[C@H]3C(=O)O[C@@H](c4ccccc4)[C@H](C)N(C)C(=O)CC/C=C\CN(CCN4CCOCC4)C(=O)[C@@H]1[C@]21C=C[C@H]3O1. The maximum Gasteiger partial charge on any atom is 0.313 e. The number of allylic oxidation sites excluding steroid dienone is 1. The van der Waals surface area contributed by atoms with E-state index in [4.69, 9.17) is 14.2 Å². The van der Waals surface area contributed by atoms with Gasteiger partial charge < -0.3 is 34.0 Å². The van der Waals surface area contributed by atoms with Gasteiger partial charge in [-0.2, -0.15) is 0 Å². The fraction of sp³-hybridized carbons (Fsp3) is 0.622. The average Bonchev–Trinajstić information content (AvgIpc) is 3.75. The first-order valence-corrected chi connectivity index (χ1v) is 17.6. The summed E-state index contributed by atoms with van der Waals surface area (Å²) in [6.45, 7) is 9.35. The van der Waals surface area contributed by atoms with Gasteiger partial charge in [-0.15, -0.1) is 0 Å². The normalized spacial score (nSPS) is 34.1. The molecular weight excluding hydrogens is 628 g/mol. The summed E-state index contributed by atoms with van der Waals surface area (Å²) in [7, 11) is 1.71. The van der Waals surface area contributed by atoms with Crippen LogP contribution in [0, 0.1) is 17.8 Å². The molecule has 0 radical (unpaired) electrons. The van der Waals surface area contributed by atoms with Crippen LogP contribution in [0.15, 0.2) is 54.6 Å². The lowest BCUT2D eigenvalue weighted by atomic mass is 9.74. The van der Waals surface area contributed by atoms with Gasteiger partial charge in [-0.25, -0.2) is 0 Å². The molecule has 3 fully saturated rings. The first-order valence-electron chi connectivity index (χ1n) is 17.6. The minimum atomic E-state index is -1.40. The predicted octanol–water partition coefficient (Wildman–Crippen LogP) is 1.80. The van der Waals surface area contributed by atoms with Crippen LogP contribution in [0.2, 0.25) is 0 Å². The van der Waals surface area contributed by atoms with Gasteiger partial charge in [0.2, 0.25) is 17.7 Å². The number of fused-ring (bicyclic) bond motifs is 2. The minimum absolute atomic E-state index is 0.0996. The number of ether oxygens (including phenoxy) is 3. The second kappa shape index (κ2) is 14.7. The lowest BCUT2D eigenvalue weighted by molar-refractivity contribution is -0.164. The smallest absolute Gasteiger partial charge is 0.313 e. The molecule has 0 aromatic heterocycles. The summed E-state index contributed by atoms with van der Waals surface area (Å²) in [5.74, 6) is -3.63. The number of aliphatic hydroxyl groups excluding tert-OH is 1. The standard InChI is InChI=1S/C37H50N4O8/c1-24(2)27(23-42)41-33-35(45)40(18-17-39-19-21-47-22-20-39)16-10-6-9-13-29(43)38(4)25(3)32(26-11-7-5-8-12-26)48-36(46)30-28-14-15-37(33,49-28)31(30)34(41)44/h5-8,10-12,14-15,24-25,27-28,30-33,42H,9,13,16-23H2,1-4H3/b10-6-/t25-,27-,28+,30-,31-,32+,33+,37-/m0/s1. The molecule has 49 heavy (non-hydrogen) atoms. The molecule has 5 bridgehead atoms. The second-order valence-electron chi connectivity index (χ2n) is 14.2. The number of carbonyl (C=O) groups excluding carboxylic acids is 4. The van der Waals surface area contributed by atoms with Gasteiger partial charge in [0.1, 0.15) is 23.7 Å². The van der Waals surface area contributed by atoms with Crippen LogP contribution in [0.3, 0.4) is 0 Å². The summed E-state index contributed by atoms with van der Waals surface area (Å²) in [4.78, 5) is 64.4. The first-order chi connectivity index (χ1) is 23.6. The van der Waals surface area contributed by atoms with E-state index in [2.05, 4.69) is 4.90 Å². The van der Waals surface area contributed by atoms with Crippen LogP contribution in [-0.2, 0) is 33.4 Å². The Morgan fingerprint density at radius 2 is 1.73 bits per heavy atom. The Labute approximate surface area is 288 Å². The topological polar surface area (TPSA) is 129 Å². The van der Waals surface area contributed by atoms with Crippen molar-refractivity contribution in [1.82, 2.24) is 19.6 Å². The van der Waals surface area contributed by atoms with E-state index in [1.54, 1.807) is 29.0 Å². The van der Waals surface area contributed by atoms with Crippen molar-refractivity contribution in [2.75, 3.05) is 59.6 Å². The van der Waals surface area contributed by atoms with E-state index in [0.717, 1.165) is 18.7 Å². The Morgan fingerprint density at radius 3 is 2.43 bits per heavy atom. The molecule has 1 spiro atoms. The number of rotatable bonds is 7. The maximum absolute atomic E-state index is 14.9. The van der Waals surface area contributed by atoms with Crippen molar-refractivity contribution in [1.29, 1.82) is 0 Å². The molecule has 6 rings (SSSR count). The molecule has 0 aliphatic carbocycles. The molecule has 3 amide bonds. The third-order valence-corrected chi connectivity index (χ3v) is 11.1. The van der Waals surface area contributed by atoms with Crippen molar-refractivity contribution < 1.29 is 38.5 Å². The number of likely N-dealkylation sites (tertiary alicyclic amines) is 1. The first kappa shape index (κ1) is 35.3. The molecule has 0 unspecified atom stereocenters. The highest BCUT2D eigenvalue weighted by Gasteiger charge is 2.74. The highest BCUT2D eigenvalue weighted by Crippen LogP contribution is 2.56. The summed E-state index contributed by atoms with van der Waals surface area (Å²) in [6.07, 6.45) is 6.51. The van der Waals surface area contributed by atoms with Crippen LogP contribution in [0.1, 0.15) is 45.3 Å². The Balaban J connectivity index is 1.42. The van der Waals surface area contributed by atoms with Crippen molar-refractivity contribution in [3.8, 4) is 0 Å². The molecular formula is C37H50N4O8. The monoisotopic (exact) mass is 678 g/mol. The molecule has 12 heteroatoms. The maximum atomic E-state index is 14.9. The van der Waals surface area contributed by atoms with Gasteiger partial charge in [0.15, 0.2) is 0 Å². The number of hydrogen-bond donors (Lipinski definition) is 1. The van der Waals surface area contributed by atoms with Crippen molar-refractivity contribution in [3.05, 3.63) is 60.2 Å². The summed E-state index contributed by atoms with van der Waals surface area (Å²) in [6, 6.07) is 7.01. The molecule has 1 aromatic rings. The summed E-state index contributed by atoms with van der Waals surface area (Å²) >= 11 is 0. The van der Waals surface area contributed by atoms with E-state index < -0.39 is 59.6 Å². The number of cyclic esters (lactones) is 1. The van der Waals surface area contributed by atoms with E-state index in [0.29, 0.717) is 32.7 Å². The number of amides is 3. The van der Waals surface area contributed by atoms with Crippen LogP contribution in [0.4, 0.5) is 0 Å². The van der Waals surface area contributed by atoms with E-state index in [1.165, 1.54) is 4.90 Å². The number of esters is 1. The number of benzene rings is 1. The van der Waals surface area contributed by atoms with Crippen molar-refractivity contribution in [3.63, 3.8) is 0 Å². The fourth-order valence-electron chi connectivity index (χ4n) is 8.11. The second-order valence-corrected chi connectivity index (χ2v) is 14.2. The number of carbonyl (C=O) groups is 4. The molecule has 12 nitrogen and oxygen atoms in total. The molecule has 1 N–H and O–H groups in total. The number of nitrogens with zero attached hydrogens (tertiary/aromatic N) is 4. The lowest BCUT2D eigenvalue weighted by Crippen LogP contribution is -2.60. The molecule has 5 aliphatic heterocycles. The van der Waals surface area contributed by atoms with Gasteiger partial charge in [0, 0.05) is 46.2 Å². The van der Waals surface area contributed by atoms with Gasteiger partial charge in [0.25, 0.3) is 0 Å². The van der Waals surface area contributed by atoms with E-state index in [1.807, 2.05) is 63.3 Å². The Bertz CT molecular complexity index is 1440. The minimum Gasteiger partial charge on any atom is -0.455 e. The molecule has 266 valence electrons. The number of aliphatic hydroxyl groups is 1. The van der Waals surface area contributed by atoms with Crippen LogP contribution in [-0.4, -0.2) is 138 Å². The summed E-state index contributed by atoms with van der Waals surface area (Å²) in [5, 5.41) is 10.6. The average molecular weight is 679 g/mol. The largest absolute Gasteiger partial charge is 0.455 e. The molecule has 1 aromatic carbocycles. The Hall–Kier alpha value is -3.58. The van der Waals surface area contributed by atoms with Crippen molar-refractivity contribution >= 4 is 23.7 Å². The van der Waals surface area contributed by atoms with E-state index in [-0.39, 0.29) is 37.3 Å². The molecule has 3 saturated heterocycles. The third-order valence-electron chi connectivity index (χ3n) is 11.1.